The lowest BCUT2D eigenvalue weighted by Crippen LogP contribution is -2.22. The summed E-state index contributed by atoms with van der Waals surface area (Å²) in [6.45, 7) is 6.55. The Balaban J connectivity index is 1.90. The van der Waals surface area contributed by atoms with Crippen molar-refractivity contribution >= 4 is 10.8 Å². The lowest BCUT2D eigenvalue weighted by Gasteiger charge is -2.15. The molecule has 2 heterocycles. The minimum atomic E-state index is 0.126. The zero-order chi connectivity index (χ0) is 14.7. The molecule has 0 spiro atoms. The van der Waals surface area contributed by atoms with E-state index in [0.29, 0.717) is 12.6 Å². The van der Waals surface area contributed by atoms with Gasteiger partial charge in [0.05, 0.1) is 13.2 Å². The first-order chi connectivity index (χ1) is 10.2. The van der Waals surface area contributed by atoms with Gasteiger partial charge in [0.15, 0.2) is 0 Å². The summed E-state index contributed by atoms with van der Waals surface area (Å²) in [7, 11) is 0. The van der Waals surface area contributed by atoms with Crippen molar-refractivity contribution in [1.82, 2.24) is 10.3 Å². The Labute approximate surface area is 125 Å². The van der Waals surface area contributed by atoms with Crippen LogP contribution >= 0.6 is 0 Å². The molecule has 1 unspecified atom stereocenters. The number of hydrogen-bond donors (Lipinski definition) is 1. The Bertz CT molecular complexity index is 607. The number of pyridine rings is 1. The minimum absolute atomic E-state index is 0.126. The molecule has 1 aromatic heterocycles. The molecule has 1 saturated heterocycles. The number of hydrogen-bond acceptors (Lipinski definition) is 4. The van der Waals surface area contributed by atoms with E-state index in [9.17, 15) is 0 Å². The first kappa shape index (κ1) is 14.3. The van der Waals surface area contributed by atoms with E-state index in [1.165, 1.54) is 10.9 Å². The molecule has 0 radical (unpaired) electrons. The van der Waals surface area contributed by atoms with Crippen molar-refractivity contribution in [3.8, 4) is 5.88 Å². The fourth-order valence-electron chi connectivity index (χ4n) is 2.54. The summed E-state index contributed by atoms with van der Waals surface area (Å²) in [5, 5.41) is 5.73. The number of nitrogens with zero attached hydrogens (tertiary/aromatic N) is 1. The molecule has 0 bridgehead atoms. The first-order valence-corrected chi connectivity index (χ1v) is 7.58. The summed E-state index contributed by atoms with van der Waals surface area (Å²) in [5.74, 6) is 0.717. The van der Waals surface area contributed by atoms with Gasteiger partial charge in [-0.1, -0.05) is 32.0 Å². The third-order valence-corrected chi connectivity index (χ3v) is 3.71. The van der Waals surface area contributed by atoms with Crippen LogP contribution in [0.1, 0.15) is 25.8 Å². The lowest BCUT2D eigenvalue weighted by molar-refractivity contribution is 0.139. The third-order valence-electron chi connectivity index (χ3n) is 3.71. The molecule has 0 aliphatic carbocycles. The minimum Gasteiger partial charge on any atom is -0.471 e. The van der Waals surface area contributed by atoms with Crippen LogP contribution in [0, 0.1) is 0 Å². The highest BCUT2D eigenvalue weighted by atomic mass is 16.5. The van der Waals surface area contributed by atoms with Crippen LogP contribution in [-0.2, 0) is 11.3 Å². The van der Waals surface area contributed by atoms with Crippen LogP contribution in [0.5, 0.6) is 5.88 Å². The highest BCUT2D eigenvalue weighted by molar-refractivity contribution is 5.89. The standard InChI is InChI=1S/C17H22N2O2/c1-12(2)18-9-13-10-19-17(21-14-7-8-20-11-14)16-6-4-3-5-15(13)16/h3-6,10,12,14,18H,7-9,11H2,1-2H3. The molecule has 1 aromatic carbocycles. The average molecular weight is 286 g/mol. The van der Waals surface area contributed by atoms with E-state index < -0.39 is 0 Å². The van der Waals surface area contributed by atoms with Crippen molar-refractivity contribution in [1.29, 1.82) is 0 Å². The van der Waals surface area contributed by atoms with Gasteiger partial charge in [-0.25, -0.2) is 4.98 Å². The van der Waals surface area contributed by atoms with Crippen molar-refractivity contribution in [2.24, 2.45) is 0 Å². The van der Waals surface area contributed by atoms with E-state index in [1.54, 1.807) is 0 Å². The van der Waals surface area contributed by atoms with Gasteiger partial charge < -0.3 is 14.8 Å². The van der Waals surface area contributed by atoms with Gasteiger partial charge in [-0.05, 0) is 17.0 Å². The van der Waals surface area contributed by atoms with Gasteiger partial charge in [0.25, 0.3) is 0 Å². The van der Waals surface area contributed by atoms with Crippen LogP contribution in [0.25, 0.3) is 10.8 Å². The molecule has 0 amide bonds. The van der Waals surface area contributed by atoms with E-state index >= 15 is 0 Å². The Morgan fingerprint density at radius 1 is 1.33 bits per heavy atom. The summed E-state index contributed by atoms with van der Waals surface area (Å²) < 4.78 is 11.4. The summed E-state index contributed by atoms with van der Waals surface area (Å²) in [6.07, 6.45) is 2.98. The van der Waals surface area contributed by atoms with Crippen LogP contribution in [0.2, 0.25) is 0 Å². The number of rotatable bonds is 5. The van der Waals surface area contributed by atoms with E-state index in [2.05, 4.69) is 42.3 Å². The van der Waals surface area contributed by atoms with Gasteiger partial charge in [-0.15, -0.1) is 0 Å². The summed E-state index contributed by atoms with van der Waals surface area (Å²) in [6, 6.07) is 8.75. The van der Waals surface area contributed by atoms with Crippen LogP contribution in [0.3, 0.4) is 0 Å². The quantitative estimate of drug-likeness (QED) is 0.918. The molecular formula is C17H22N2O2. The maximum Gasteiger partial charge on any atom is 0.221 e. The number of ether oxygens (including phenoxy) is 2. The van der Waals surface area contributed by atoms with Crippen molar-refractivity contribution < 1.29 is 9.47 Å². The lowest BCUT2D eigenvalue weighted by atomic mass is 10.1. The van der Waals surface area contributed by atoms with Gasteiger partial charge in [-0.3, -0.25) is 0 Å². The molecule has 2 aromatic rings. The number of benzene rings is 1. The van der Waals surface area contributed by atoms with E-state index in [-0.39, 0.29) is 6.10 Å². The highest BCUT2D eigenvalue weighted by Crippen LogP contribution is 2.27. The largest absolute Gasteiger partial charge is 0.471 e. The molecule has 4 heteroatoms. The second-order valence-electron chi connectivity index (χ2n) is 5.77. The second-order valence-corrected chi connectivity index (χ2v) is 5.77. The molecule has 3 rings (SSSR count). The van der Waals surface area contributed by atoms with Crippen molar-refractivity contribution in [2.75, 3.05) is 13.2 Å². The van der Waals surface area contributed by atoms with Gasteiger partial charge in [0.1, 0.15) is 6.10 Å². The van der Waals surface area contributed by atoms with Crippen molar-refractivity contribution in [2.45, 2.75) is 39.0 Å². The van der Waals surface area contributed by atoms with Gasteiger partial charge in [0.2, 0.25) is 5.88 Å². The molecule has 112 valence electrons. The van der Waals surface area contributed by atoms with E-state index in [1.807, 2.05) is 12.3 Å². The highest BCUT2D eigenvalue weighted by Gasteiger charge is 2.19. The van der Waals surface area contributed by atoms with Crippen molar-refractivity contribution in [3.05, 3.63) is 36.0 Å². The molecule has 1 aliphatic heterocycles. The first-order valence-electron chi connectivity index (χ1n) is 7.58. The monoisotopic (exact) mass is 286 g/mol. The maximum absolute atomic E-state index is 6.01. The molecule has 1 aliphatic rings. The molecule has 0 saturated carbocycles. The molecule has 1 atom stereocenters. The average Bonchev–Trinajstić information content (AvgIpc) is 2.99. The smallest absolute Gasteiger partial charge is 0.221 e. The predicted molar refractivity (Wildman–Crippen MR) is 83.6 cm³/mol. The van der Waals surface area contributed by atoms with E-state index in [4.69, 9.17) is 9.47 Å². The Hall–Kier alpha value is -1.65. The molecule has 4 nitrogen and oxygen atoms in total. The molecule has 1 fully saturated rings. The zero-order valence-corrected chi connectivity index (χ0v) is 12.6. The normalized spacial score (nSPS) is 18.5. The zero-order valence-electron chi connectivity index (χ0n) is 12.6. The predicted octanol–water partition coefficient (Wildman–Crippen LogP) is 2.90. The van der Waals surface area contributed by atoms with Gasteiger partial charge in [-0.2, -0.15) is 0 Å². The maximum atomic E-state index is 6.01. The summed E-state index contributed by atoms with van der Waals surface area (Å²) >= 11 is 0. The third kappa shape index (κ3) is 3.34. The SMILES string of the molecule is CC(C)NCc1cnc(OC2CCOC2)c2ccccc12. The number of fused-ring (bicyclic) bond motifs is 1. The van der Waals surface area contributed by atoms with Crippen LogP contribution in [0.4, 0.5) is 0 Å². The van der Waals surface area contributed by atoms with Gasteiger partial charge in [0, 0.05) is 30.6 Å². The molecular weight excluding hydrogens is 264 g/mol. The fourth-order valence-corrected chi connectivity index (χ4v) is 2.54. The fraction of sp³-hybridized carbons (Fsp3) is 0.471. The van der Waals surface area contributed by atoms with Crippen molar-refractivity contribution in [3.63, 3.8) is 0 Å². The summed E-state index contributed by atoms with van der Waals surface area (Å²) in [4.78, 5) is 4.53. The van der Waals surface area contributed by atoms with Crippen LogP contribution in [0.15, 0.2) is 30.5 Å². The topological polar surface area (TPSA) is 43.4 Å². The molecule has 21 heavy (non-hydrogen) atoms. The van der Waals surface area contributed by atoms with Gasteiger partial charge >= 0.3 is 0 Å². The van der Waals surface area contributed by atoms with E-state index in [0.717, 1.165) is 30.8 Å². The Morgan fingerprint density at radius 3 is 2.86 bits per heavy atom. The number of aromatic nitrogens is 1. The molecule has 1 N–H and O–H groups in total. The number of nitrogens with one attached hydrogen (secondary N) is 1. The van der Waals surface area contributed by atoms with Crippen LogP contribution in [-0.4, -0.2) is 30.3 Å². The Morgan fingerprint density at radius 2 is 2.14 bits per heavy atom. The second kappa shape index (κ2) is 6.41. The Kier molecular flexibility index (Phi) is 4.36. The summed E-state index contributed by atoms with van der Waals surface area (Å²) in [5.41, 5.74) is 1.20. The van der Waals surface area contributed by atoms with Crippen LogP contribution < -0.4 is 10.1 Å².